The van der Waals surface area contributed by atoms with Crippen molar-refractivity contribution in [3.63, 3.8) is 0 Å². The summed E-state index contributed by atoms with van der Waals surface area (Å²) in [6.07, 6.45) is 2.43. The smallest absolute Gasteiger partial charge is 0.241 e. The fourth-order valence-electron chi connectivity index (χ4n) is 5.27. The van der Waals surface area contributed by atoms with Gasteiger partial charge in [0.2, 0.25) is 11.8 Å². The highest BCUT2D eigenvalue weighted by molar-refractivity contribution is 7.17. The molecule has 3 fully saturated rings. The van der Waals surface area contributed by atoms with Crippen molar-refractivity contribution in [3.05, 3.63) is 40.3 Å². The Bertz CT molecular complexity index is 1050. The number of carbonyl (C=O) groups excluding carboxylic acids is 2. The van der Waals surface area contributed by atoms with E-state index in [4.69, 9.17) is 4.74 Å². The van der Waals surface area contributed by atoms with Gasteiger partial charge in [0.15, 0.2) is 0 Å². The summed E-state index contributed by atoms with van der Waals surface area (Å²) in [6, 6.07) is 10.6. The summed E-state index contributed by atoms with van der Waals surface area (Å²) < 4.78 is 5.83. The van der Waals surface area contributed by atoms with Crippen LogP contribution in [0.3, 0.4) is 0 Å². The van der Waals surface area contributed by atoms with Crippen molar-refractivity contribution >= 4 is 28.2 Å². The lowest BCUT2D eigenvalue weighted by molar-refractivity contribution is -0.124. The lowest BCUT2D eigenvalue weighted by atomic mass is 9.81. The molecule has 0 spiro atoms. The number of hydrogen-bond donors (Lipinski definition) is 0. The quantitative estimate of drug-likeness (QED) is 0.668. The second-order valence-corrected chi connectivity index (χ2v) is 9.81. The first-order chi connectivity index (χ1) is 14.5. The van der Waals surface area contributed by atoms with E-state index in [0.717, 1.165) is 35.3 Å². The van der Waals surface area contributed by atoms with Gasteiger partial charge in [-0.15, -0.1) is 11.3 Å². The predicted octanol–water partition coefficient (Wildman–Crippen LogP) is 4.78. The molecule has 1 aromatic carbocycles. The molecule has 2 aromatic rings. The topological polar surface area (TPSA) is 70.4 Å². The van der Waals surface area contributed by atoms with Gasteiger partial charge in [0.25, 0.3) is 0 Å². The highest BCUT2D eigenvalue weighted by atomic mass is 32.1. The van der Waals surface area contributed by atoms with Crippen LogP contribution in [0.4, 0.5) is 5.00 Å². The fraction of sp³-hybridized carbons (Fsp3) is 0.458. The minimum Gasteiger partial charge on any atom is -0.373 e. The highest BCUT2D eigenvalue weighted by Crippen LogP contribution is 2.52. The van der Waals surface area contributed by atoms with E-state index < -0.39 is 0 Å². The third kappa shape index (κ3) is 2.62. The van der Waals surface area contributed by atoms with Gasteiger partial charge in [-0.1, -0.05) is 38.1 Å². The number of amides is 2. The van der Waals surface area contributed by atoms with E-state index >= 15 is 0 Å². The SMILES string of the molecule is CC[C@@H](C)c1ccc(-c2c(C)sc(N3C(=O)[C@@H]4[C@H](C3=O)[C@@H]3CC[C@@H]4O3)c2C#N)cc1. The molecule has 5 rings (SSSR count). The number of carbonyl (C=O) groups is 2. The molecular weight excluding hydrogens is 396 g/mol. The molecule has 0 unspecified atom stereocenters. The minimum absolute atomic E-state index is 0.152. The van der Waals surface area contributed by atoms with Crippen LogP contribution in [0.25, 0.3) is 11.1 Å². The number of benzene rings is 1. The van der Waals surface area contributed by atoms with Crippen LogP contribution in [0.15, 0.2) is 24.3 Å². The number of rotatable bonds is 4. The Labute approximate surface area is 180 Å². The first-order valence-electron chi connectivity index (χ1n) is 10.6. The van der Waals surface area contributed by atoms with Crippen molar-refractivity contribution in [3.8, 4) is 17.2 Å². The van der Waals surface area contributed by atoms with E-state index in [1.807, 2.05) is 19.1 Å². The average molecular weight is 421 g/mol. The monoisotopic (exact) mass is 420 g/mol. The van der Waals surface area contributed by atoms with Gasteiger partial charge in [-0.25, -0.2) is 4.90 Å². The van der Waals surface area contributed by atoms with Gasteiger partial charge >= 0.3 is 0 Å². The molecule has 0 saturated carbocycles. The van der Waals surface area contributed by atoms with E-state index in [0.29, 0.717) is 16.5 Å². The highest BCUT2D eigenvalue weighted by Gasteiger charge is 2.63. The maximum Gasteiger partial charge on any atom is 0.241 e. The number of imide groups is 1. The number of aryl methyl sites for hydroxylation is 1. The number of fused-ring (bicyclic) bond motifs is 5. The van der Waals surface area contributed by atoms with E-state index in [1.54, 1.807) is 0 Å². The third-order valence-corrected chi connectivity index (χ3v) is 8.14. The summed E-state index contributed by atoms with van der Waals surface area (Å²) >= 11 is 1.36. The minimum atomic E-state index is -0.386. The molecule has 3 saturated heterocycles. The molecule has 3 aliphatic heterocycles. The van der Waals surface area contributed by atoms with E-state index in [-0.39, 0.29) is 35.9 Å². The molecule has 3 aliphatic rings. The average Bonchev–Trinajstić information content (AvgIpc) is 3.50. The van der Waals surface area contributed by atoms with Gasteiger partial charge in [-0.05, 0) is 43.2 Å². The van der Waals surface area contributed by atoms with Crippen molar-refractivity contribution < 1.29 is 14.3 Å². The van der Waals surface area contributed by atoms with E-state index in [2.05, 4.69) is 32.0 Å². The molecule has 2 bridgehead atoms. The summed E-state index contributed by atoms with van der Waals surface area (Å²) in [6.45, 7) is 6.31. The maximum absolute atomic E-state index is 13.2. The Balaban J connectivity index is 1.55. The Morgan fingerprint density at radius 2 is 1.77 bits per heavy atom. The first kappa shape index (κ1) is 19.5. The zero-order valence-electron chi connectivity index (χ0n) is 17.3. The molecule has 0 N–H and O–H groups in total. The second-order valence-electron chi connectivity index (χ2n) is 8.61. The number of ether oxygens (including phenoxy) is 1. The molecule has 1 aromatic heterocycles. The number of nitrogens with zero attached hydrogens (tertiary/aromatic N) is 2. The Hall–Kier alpha value is -2.49. The van der Waals surface area contributed by atoms with Gasteiger partial charge < -0.3 is 4.74 Å². The molecule has 0 aliphatic carbocycles. The molecule has 30 heavy (non-hydrogen) atoms. The molecule has 0 radical (unpaired) electrons. The lowest BCUT2D eigenvalue weighted by Crippen LogP contribution is -2.34. The van der Waals surface area contributed by atoms with Crippen molar-refractivity contribution in [1.82, 2.24) is 0 Å². The second kappa shape index (κ2) is 7.04. The van der Waals surface area contributed by atoms with E-state index in [1.165, 1.54) is 21.8 Å². The predicted molar refractivity (Wildman–Crippen MR) is 115 cm³/mol. The summed E-state index contributed by atoms with van der Waals surface area (Å²) in [4.78, 5) is 28.6. The maximum atomic E-state index is 13.2. The molecule has 2 amide bonds. The van der Waals surface area contributed by atoms with Gasteiger partial charge in [0, 0.05) is 10.4 Å². The normalized spacial score (nSPS) is 28.1. The van der Waals surface area contributed by atoms with Crippen molar-refractivity contribution in [2.24, 2.45) is 11.8 Å². The van der Waals surface area contributed by atoms with Crippen molar-refractivity contribution in [2.45, 2.75) is 58.2 Å². The molecule has 5 nitrogen and oxygen atoms in total. The largest absolute Gasteiger partial charge is 0.373 e. The third-order valence-electron chi connectivity index (χ3n) is 7.05. The van der Waals surface area contributed by atoms with Gasteiger partial charge in [0.05, 0.1) is 29.6 Å². The summed E-state index contributed by atoms with van der Waals surface area (Å²) in [5.41, 5.74) is 3.45. The van der Waals surface area contributed by atoms with E-state index in [9.17, 15) is 14.9 Å². The summed E-state index contributed by atoms with van der Waals surface area (Å²) in [5.74, 6) is -0.695. The molecule has 4 heterocycles. The standard InChI is InChI=1S/C24H24N2O3S/c1-4-12(2)14-5-7-15(8-6-14)19-13(3)30-24(16(19)11-25)26-22(27)20-17-9-10-18(29-17)21(20)23(26)28/h5-8,12,17-18,20-21H,4,9-10H2,1-3H3/t12-,17+,18+,20-,21+/m1/s1. The molecule has 154 valence electrons. The van der Waals surface area contributed by atoms with Crippen LogP contribution in [0, 0.1) is 30.1 Å². The Morgan fingerprint density at radius 3 is 2.30 bits per heavy atom. The summed E-state index contributed by atoms with van der Waals surface area (Å²) in [5, 5.41) is 10.5. The van der Waals surface area contributed by atoms with Crippen LogP contribution in [0.1, 0.15) is 55.0 Å². The van der Waals surface area contributed by atoms with Crippen LogP contribution >= 0.6 is 11.3 Å². The van der Waals surface area contributed by atoms with Gasteiger partial charge in [-0.3, -0.25) is 9.59 Å². The van der Waals surface area contributed by atoms with Crippen molar-refractivity contribution in [2.75, 3.05) is 4.90 Å². The van der Waals surface area contributed by atoms with Crippen LogP contribution < -0.4 is 4.90 Å². The molecule has 6 heteroatoms. The van der Waals surface area contributed by atoms with Gasteiger partial charge in [-0.2, -0.15) is 5.26 Å². The summed E-state index contributed by atoms with van der Waals surface area (Å²) in [7, 11) is 0. The Morgan fingerprint density at radius 1 is 1.17 bits per heavy atom. The molecular formula is C24H24N2O3S. The fourth-order valence-corrected chi connectivity index (χ4v) is 6.40. The first-order valence-corrected chi connectivity index (χ1v) is 11.4. The van der Waals surface area contributed by atoms with Crippen LogP contribution in [-0.4, -0.2) is 24.0 Å². The zero-order chi connectivity index (χ0) is 21.2. The Kier molecular flexibility index (Phi) is 4.57. The van der Waals surface area contributed by atoms with Crippen LogP contribution in [0.2, 0.25) is 0 Å². The van der Waals surface area contributed by atoms with Gasteiger partial charge in [0.1, 0.15) is 11.1 Å². The number of hydrogen-bond acceptors (Lipinski definition) is 5. The number of thiophene rings is 1. The van der Waals surface area contributed by atoms with Crippen LogP contribution in [-0.2, 0) is 14.3 Å². The zero-order valence-corrected chi connectivity index (χ0v) is 18.2. The molecule has 5 atom stereocenters. The van der Waals surface area contributed by atoms with Crippen LogP contribution in [0.5, 0.6) is 0 Å². The number of anilines is 1. The van der Waals surface area contributed by atoms with Crippen molar-refractivity contribution in [1.29, 1.82) is 5.26 Å². The number of nitriles is 1. The lowest BCUT2D eigenvalue weighted by Gasteiger charge is -2.16.